The van der Waals surface area contributed by atoms with Gasteiger partial charge in [-0.2, -0.15) is 10.2 Å². The number of fused-ring (bicyclic) bond motifs is 1. The zero-order chi connectivity index (χ0) is 13.4. The summed E-state index contributed by atoms with van der Waals surface area (Å²) in [4.78, 5) is 0. The van der Waals surface area contributed by atoms with Crippen molar-refractivity contribution in [3.05, 3.63) is 30.0 Å². The van der Waals surface area contributed by atoms with Gasteiger partial charge < -0.3 is 10.5 Å². The van der Waals surface area contributed by atoms with Crippen LogP contribution < -0.4 is 10.5 Å². The van der Waals surface area contributed by atoms with Gasteiger partial charge in [0.2, 0.25) is 0 Å². The van der Waals surface area contributed by atoms with Gasteiger partial charge in [-0.05, 0) is 38.1 Å². The Kier molecular flexibility index (Phi) is 2.63. The van der Waals surface area contributed by atoms with Crippen molar-refractivity contribution in [3.63, 3.8) is 0 Å². The highest BCUT2D eigenvalue weighted by Gasteiger charge is 2.14. The van der Waals surface area contributed by atoms with Gasteiger partial charge in [-0.3, -0.25) is 5.10 Å². The van der Waals surface area contributed by atoms with Crippen molar-refractivity contribution in [2.75, 3.05) is 12.3 Å². The third-order valence-corrected chi connectivity index (χ3v) is 2.98. The standard InChI is InChI=1S/C13H15N5O/c1-3-19-10-6-4-9(5-7-10)18-13-11(8(2)17-18)12(14)15-16-13/h4-7H,3H2,1-2H3,(H3,14,15,16). The van der Waals surface area contributed by atoms with Crippen LogP contribution in [0.5, 0.6) is 5.75 Å². The van der Waals surface area contributed by atoms with E-state index in [1.54, 1.807) is 4.68 Å². The number of aromatic amines is 1. The summed E-state index contributed by atoms with van der Waals surface area (Å²) in [5, 5.41) is 12.3. The zero-order valence-corrected chi connectivity index (χ0v) is 10.8. The molecule has 0 radical (unpaired) electrons. The number of H-pyrrole nitrogens is 1. The number of aryl methyl sites for hydroxylation is 1. The lowest BCUT2D eigenvalue weighted by Gasteiger charge is -2.05. The Hall–Kier alpha value is -2.50. The number of nitrogens with zero attached hydrogens (tertiary/aromatic N) is 3. The molecule has 0 unspecified atom stereocenters. The number of anilines is 1. The molecule has 0 aliphatic rings. The SMILES string of the molecule is CCOc1ccc(-n2nc(C)c3c(N)[nH]nc32)cc1. The molecule has 2 aromatic heterocycles. The quantitative estimate of drug-likeness (QED) is 0.752. The van der Waals surface area contributed by atoms with Gasteiger partial charge in [-0.15, -0.1) is 0 Å². The summed E-state index contributed by atoms with van der Waals surface area (Å²) >= 11 is 0. The van der Waals surface area contributed by atoms with E-state index < -0.39 is 0 Å². The van der Waals surface area contributed by atoms with Crippen LogP contribution in [0.3, 0.4) is 0 Å². The smallest absolute Gasteiger partial charge is 0.186 e. The molecule has 0 bridgehead atoms. The van der Waals surface area contributed by atoms with Crippen LogP contribution in [-0.4, -0.2) is 26.6 Å². The first-order valence-electron chi connectivity index (χ1n) is 6.13. The number of aromatic nitrogens is 4. The van der Waals surface area contributed by atoms with E-state index in [0.29, 0.717) is 12.4 Å². The first-order chi connectivity index (χ1) is 9.20. The highest BCUT2D eigenvalue weighted by atomic mass is 16.5. The molecular weight excluding hydrogens is 242 g/mol. The maximum absolute atomic E-state index is 5.84. The Balaban J connectivity index is 2.08. The third kappa shape index (κ3) is 1.81. The molecule has 3 rings (SSSR count). The molecule has 2 heterocycles. The first kappa shape index (κ1) is 11.6. The van der Waals surface area contributed by atoms with Crippen molar-refractivity contribution in [1.82, 2.24) is 20.0 Å². The number of nitrogens with two attached hydrogens (primary N) is 1. The second kappa shape index (κ2) is 4.31. The van der Waals surface area contributed by atoms with Crippen LogP contribution in [0.15, 0.2) is 24.3 Å². The summed E-state index contributed by atoms with van der Waals surface area (Å²) in [6, 6.07) is 7.72. The van der Waals surface area contributed by atoms with E-state index in [2.05, 4.69) is 15.3 Å². The lowest BCUT2D eigenvalue weighted by Crippen LogP contribution is -1.98. The Morgan fingerprint density at radius 2 is 2.05 bits per heavy atom. The van der Waals surface area contributed by atoms with E-state index in [4.69, 9.17) is 10.5 Å². The molecule has 0 saturated carbocycles. The van der Waals surface area contributed by atoms with Crippen molar-refractivity contribution in [2.24, 2.45) is 0 Å². The Morgan fingerprint density at radius 3 is 2.74 bits per heavy atom. The van der Waals surface area contributed by atoms with Crippen LogP contribution in [0.1, 0.15) is 12.6 Å². The lowest BCUT2D eigenvalue weighted by molar-refractivity contribution is 0.340. The van der Waals surface area contributed by atoms with E-state index in [9.17, 15) is 0 Å². The average Bonchev–Trinajstić information content (AvgIpc) is 2.94. The summed E-state index contributed by atoms with van der Waals surface area (Å²) in [5.74, 6) is 1.39. The summed E-state index contributed by atoms with van der Waals surface area (Å²) in [6.07, 6.45) is 0. The fourth-order valence-corrected chi connectivity index (χ4v) is 2.13. The second-order valence-electron chi connectivity index (χ2n) is 4.26. The summed E-state index contributed by atoms with van der Waals surface area (Å²) < 4.78 is 7.19. The van der Waals surface area contributed by atoms with E-state index in [-0.39, 0.29) is 0 Å². The van der Waals surface area contributed by atoms with Gasteiger partial charge in [-0.1, -0.05) is 0 Å². The van der Waals surface area contributed by atoms with Crippen LogP contribution in [0, 0.1) is 6.92 Å². The van der Waals surface area contributed by atoms with Gasteiger partial charge in [0.25, 0.3) is 0 Å². The molecule has 0 aliphatic carbocycles. The molecule has 0 spiro atoms. The summed E-state index contributed by atoms with van der Waals surface area (Å²) in [7, 11) is 0. The zero-order valence-electron chi connectivity index (χ0n) is 10.8. The molecule has 19 heavy (non-hydrogen) atoms. The minimum Gasteiger partial charge on any atom is -0.494 e. The number of rotatable bonds is 3. The fraction of sp³-hybridized carbons (Fsp3) is 0.231. The van der Waals surface area contributed by atoms with Gasteiger partial charge >= 0.3 is 0 Å². The Labute approximate surface area is 110 Å². The minimum absolute atomic E-state index is 0.546. The van der Waals surface area contributed by atoms with Crippen molar-refractivity contribution < 1.29 is 4.74 Å². The molecular formula is C13H15N5O. The molecule has 3 N–H and O–H groups in total. The maximum Gasteiger partial charge on any atom is 0.186 e. The molecule has 0 amide bonds. The van der Waals surface area contributed by atoms with E-state index >= 15 is 0 Å². The number of hydrogen-bond donors (Lipinski definition) is 2. The molecule has 98 valence electrons. The largest absolute Gasteiger partial charge is 0.494 e. The van der Waals surface area contributed by atoms with E-state index in [1.807, 2.05) is 38.1 Å². The number of nitrogens with one attached hydrogen (secondary N) is 1. The molecule has 6 nitrogen and oxygen atoms in total. The molecule has 1 aromatic carbocycles. The summed E-state index contributed by atoms with van der Waals surface area (Å²) in [6.45, 7) is 4.53. The molecule has 0 atom stereocenters. The van der Waals surface area contributed by atoms with Gasteiger partial charge in [-0.25, -0.2) is 4.68 Å². The van der Waals surface area contributed by atoms with Crippen LogP contribution in [-0.2, 0) is 0 Å². The van der Waals surface area contributed by atoms with Crippen molar-refractivity contribution in [1.29, 1.82) is 0 Å². The number of benzene rings is 1. The molecule has 0 fully saturated rings. The Bertz CT molecular complexity index is 711. The van der Waals surface area contributed by atoms with Gasteiger partial charge in [0.1, 0.15) is 11.6 Å². The van der Waals surface area contributed by atoms with Gasteiger partial charge in [0, 0.05) is 0 Å². The summed E-state index contributed by atoms with van der Waals surface area (Å²) in [5.41, 5.74) is 8.36. The highest BCUT2D eigenvalue weighted by Crippen LogP contribution is 2.25. The van der Waals surface area contributed by atoms with Gasteiger partial charge in [0.05, 0.1) is 23.4 Å². The molecule has 0 aliphatic heterocycles. The maximum atomic E-state index is 5.84. The first-order valence-corrected chi connectivity index (χ1v) is 6.13. The average molecular weight is 257 g/mol. The third-order valence-electron chi connectivity index (χ3n) is 2.98. The monoisotopic (exact) mass is 257 g/mol. The Morgan fingerprint density at radius 1 is 1.32 bits per heavy atom. The minimum atomic E-state index is 0.546. The van der Waals surface area contributed by atoms with E-state index in [0.717, 1.165) is 28.2 Å². The predicted octanol–water partition coefficient (Wildman–Crippen LogP) is 2.04. The molecule has 0 saturated heterocycles. The fourth-order valence-electron chi connectivity index (χ4n) is 2.13. The molecule has 6 heteroatoms. The van der Waals surface area contributed by atoms with Crippen LogP contribution in [0.2, 0.25) is 0 Å². The van der Waals surface area contributed by atoms with E-state index in [1.165, 1.54) is 0 Å². The van der Waals surface area contributed by atoms with Crippen molar-refractivity contribution >= 4 is 16.9 Å². The highest BCUT2D eigenvalue weighted by molar-refractivity contribution is 5.89. The molecule has 3 aromatic rings. The number of ether oxygens (including phenoxy) is 1. The second-order valence-corrected chi connectivity index (χ2v) is 4.26. The van der Waals surface area contributed by atoms with Crippen LogP contribution >= 0.6 is 0 Å². The predicted molar refractivity (Wildman–Crippen MR) is 73.5 cm³/mol. The van der Waals surface area contributed by atoms with Crippen LogP contribution in [0.25, 0.3) is 16.7 Å². The van der Waals surface area contributed by atoms with Crippen molar-refractivity contribution in [2.45, 2.75) is 13.8 Å². The number of nitrogen functional groups attached to an aromatic ring is 1. The number of hydrogen-bond acceptors (Lipinski definition) is 4. The van der Waals surface area contributed by atoms with Crippen molar-refractivity contribution in [3.8, 4) is 11.4 Å². The van der Waals surface area contributed by atoms with Crippen LogP contribution in [0.4, 0.5) is 5.82 Å². The van der Waals surface area contributed by atoms with Gasteiger partial charge in [0.15, 0.2) is 5.65 Å². The topological polar surface area (TPSA) is 81.8 Å². The lowest BCUT2D eigenvalue weighted by atomic mass is 10.3. The normalized spacial score (nSPS) is 11.1.